The lowest BCUT2D eigenvalue weighted by Gasteiger charge is -2.34. The first-order valence-electron chi connectivity index (χ1n) is 29.0. The van der Waals surface area contributed by atoms with Gasteiger partial charge >= 0.3 is 11.9 Å². The number of unbranched alkanes of at least 4 members (excludes halogenated alkanes) is 26. The number of carboxylic acids is 1. The van der Waals surface area contributed by atoms with E-state index in [2.05, 4.69) is 86.8 Å². The van der Waals surface area contributed by atoms with Gasteiger partial charge in [0, 0.05) is 19.3 Å². The van der Waals surface area contributed by atoms with Crippen LogP contribution in [-0.4, -0.2) is 75.5 Å². The second kappa shape index (κ2) is 52.1. The predicted octanol–water partition coefficient (Wildman–Crippen LogP) is 16.1. The maximum Gasteiger partial charge on any atom is 0.306 e. The first kappa shape index (κ1) is 66.8. The summed E-state index contributed by atoms with van der Waals surface area (Å²) in [6, 6.07) is -0.733. The fourth-order valence-corrected chi connectivity index (χ4v) is 8.39. The third-order valence-corrected chi connectivity index (χ3v) is 12.8. The Morgan fingerprint density at radius 3 is 1.20 bits per heavy atom. The Bertz CT molecular complexity index is 1370. The molecule has 0 aromatic carbocycles. The fraction of sp³-hybridized carbons (Fsp3) is 0.758. The zero-order valence-electron chi connectivity index (χ0n) is 46.2. The monoisotopic (exact) mass is 980 g/mol. The summed E-state index contributed by atoms with van der Waals surface area (Å²) in [4.78, 5) is 37.2. The molecule has 0 aliphatic rings. The van der Waals surface area contributed by atoms with E-state index in [1.54, 1.807) is 21.1 Å². The average Bonchev–Trinajstić information content (AvgIpc) is 3.33. The van der Waals surface area contributed by atoms with Crippen LogP contribution in [0.4, 0.5) is 0 Å². The maximum absolute atomic E-state index is 12.8. The molecule has 0 aromatic heterocycles. The van der Waals surface area contributed by atoms with Crippen molar-refractivity contribution in [2.75, 3.05) is 41.0 Å². The lowest BCUT2D eigenvalue weighted by Crippen LogP contribution is -2.55. The number of carbonyl (C=O) groups excluding carboxylic acids is 3. The number of hydrogen-bond acceptors (Lipinski definition) is 7. The third kappa shape index (κ3) is 49.7. The van der Waals surface area contributed by atoms with E-state index in [4.69, 9.17) is 14.2 Å². The molecular weight excluding hydrogens is 871 g/mol. The van der Waals surface area contributed by atoms with E-state index in [9.17, 15) is 19.5 Å². The van der Waals surface area contributed by atoms with Crippen molar-refractivity contribution in [1.29, 1.82) is 0 Å². The summed E-state index contributed by atoms with van der Waals surface area (Å²) in [5.41, 5.74) is 0. The Hall–Kier alpha value is -3.23. The third-order valence-electron chi connectivity index (χ3n) is 12.8. The van der Waals surface area contributed by atoms with Crippen LogP contribution >= 0.6 is 0 Å². The van der Waals surface area contributed by atoms with Gasteiger partial charge < -0.3 is 28.6 Å². The number of carboxylic acid groups (broad SMARTS) is 1. The molecule has 0 amide bonds. The van der Waals surface area contributed by atoms with E-state index >= 15 is 0 Å². The van der Waals surface area contributed by atoms with Crippen LogP contribution in [0.1, 0.15) is 251 Å². The Morgan fingerprint density at radius 2 is 0.800 bits per heavy atom. The molecule has 0 saturated carbocycles. The normalized spacial score (nSPS) is 13.3. The first-order valence-corrected chi connectivity index (χ1v) is 29.0. The number of hydrogen-bond donors (Lipinski definition) is 0. The molecule has 0 aromatic rings. The molecule has 0 spiro atoms. The van der Waals surface area contributed by atoms with Crippen molar-refractivity contribution >= 4 is 17.9 Å². The van der Waals surface area contributed by atoms with Crippen molar-refractivity contribution < 1.29 is 38.2 Å². The van der Waals surface area contributed by atoms with Crippen LogP contribution < -0.4 is 5.11 Å². The summed E-state index contributed by atoms with van der Waals surface area (Å²) >= 11 is 0. The quantitative estimate of drug-likeness (QED) is 0.0259. The topological polar surface area (TPSA) is 102 Å². The smallest absolute Gasteiger partial charge is 0.306 e. The molecule has 0 saturated heterocycles. The molecule has 0 heterocycles. The van der Waals surface area contributed by atoms with Gasteiger partial charge in [0.05, 0.1) is 40.3 Å². The minimum absolute atomic E-state index is 0.0325. The number of rotatable bonds is 52. The largest absolute Gasteiger partial charge is 0.544 e. The molecular formula is C62H109NO7. The van der Waals surface area contributed by atoms with Crippen LogP contribution in [0.5, 0.6) is 0 Å². The van der Waals surface area contributed by atoms with E-state index in [0.717, 1.165) is 83.5 Å². The lowest BCUT2D eigenvalue weighted by molar-refractivity contribution is -0.889. The van der Waals surface area contributed by atoms with Gasteiger partial charge in [-0.25, -0.2) is 0 Å². The van der Waals surface area contributed by atoms with Gasteiger partial charge in [0.15, 0.2) is 6.10 Å². The standard InChI is InChI=1S/C62H109NO7/c1-6-8-10-12-14-16-18-20-22-24-26-28-30-32-34-36-38-40-42-44-46-48-50-52-60(64)69-57-58(56-68-55-54-59(62(66)67)63(3,4)5)70-61(65)53-51-49-47-45-43-41-39-37-35-33-31-29-27-25-23-21-19-17-15-13-11-9-7-2/h9,11,15,17,21,23,27,29,32-35,58-59H,6-8,10,12-14,16,18-20,22,24-26,28,30-31,36-57H2,1-5H3/b11-9+,17-15+,23-21+,29-27+,34-32+,35-33+. The molecule has 404 valence electrons. The van der Waals surface area contributed by atoms with Crippen LogP contribution in [0.15, 0.2) is 72.9 Å². The summed E-state index contributed by atoms with van der Waals surface area (Å²) in [6.45, 7) is 4.56. The SMILES string of the molecule is CC/C=C/C/C=C/C/C=C/C/C=C/C/C=C/CCCCCCCCCC(=O)OC(COCCC(C(=O)[O-])[N+](C)(C)C)COC(=O)CCCCCCCCC/C=C/CCCCCCCCCCCCCC. The van der Waals surface area contributed by atoms with Gasteiger partial charge in [-0.15, -0.1) is 0 Å². The number of likely N-dealkylation sites (N-methyl/N-ethyl adjacent to an activating group) is 1. The molecule has 2 unspecified atom stereocenters. The Kier molecular flexibility index (Phi) is 49.7. The summed E-state index contributed by atoms with van der Waals surface area (Å²) in [6.07, 6.45) is 68.0. The van der Waals surface area contributed by atoms with Crippen LogP contribution in [0.3, 0.4) is 0 Å². The van der Waals surface area contributed by atoms with E-state index in [-0.39, 0.29) is 42.7 Å². The highest BCUT2D eigenvalue weighted by molar-refractivity contribution is 5.70. The number of aliphatic carboxylic acids is 1. The van der Waals surface area contributed by atoms with Crippen molar-refractivity contribution in [3.05, 3.63) is 72.9 Å². The molecule has 8 heteroatoms. The molecule has 0 aliphatic carbocycles. The minimum Gasteiger partial charge on any atom is -0.544 e. The minimum atomic E-state index is -1.13. The highest BCUT2D eigenvalue weighted by Gasteiger charge is 2.25. The van der Waals surface area contributed by atoms with Gasteiger partial charge in [-0.1, -0.05) is 222 Å². The Balaban J connectivity index is 4.21. The molecule has 0 N–H and O–H groups in total. The van der Waals surface area contributed by atoms with Gasteiger partial charge in [-0.3, -0.25) is 9.59 Å². The molecule has 0 radical (unpaired) electrons. The predicted molar refractivity (Wildman–Crippen MR) is 296 cm³/mol. The van der Waals surface area contributed by atoms with Crippen LogP contribution in [-0.2, 0) is 28.6 Å². The summed E-state index contributed by atoms with van der Waals surface area (Å²) in [5.74, 6) is -1.75. The number of quaternary nitrogens is 1. The molecule has 0 aliphatic heterocycles. The van der Waals surface area contributed by atoms with E-state index < -0.39 is 18.1 Å². The van der Waals surface area contributed by atoms with E-state index in [1.807, 2.05) is 0 Å². The number of allylic oxidation sites excluding steroid dienone is 12. The van der Waals surface area contributed by atoms with Gasteiger partial charge in [-0.05, 0) is 83.5 Å². The van der Waals surface area contributed by atoms with Crippen LogP contribution in [0.25, 0.3) is 0 Å². The number of ether oxygens (including phenoxy) is 3. The second-order valence-corrected chi connectivity index (χ2v) is 20.5. The summed E-state index contributed by atoms with van der Waals surface area (Å²) < 4.78 is 17.3. The van der Waals surface area contributed by atoms with Gasteiger partial charge in [0.25, 0.3) is 0 Å². The zero-order chi connectivity index (χ0) is 51.3. The number of nitrogens with zero attached hydrogens (tertiary/aromatic N) is 1. The summed E-state index contributed by atoms with van der Waals surface area (Å²) in [5, 5.41) is 11.7. The molecule has 0 rings (SSSR count). The van der Waals surface area contributed by atoms with Crippen LogP contribution in [0.2, 0.25) is 0 Å². The highest BCUT2D eigenvalue weighted by atomic mass is 16.6. The summed E-state index contributed by atoms with van der Waals surface area (Å²) in [7, 11) is 5.42. The van der Waals surface area contributed by atoms with Gasteiger partial charge in [-0.2, -0.15) is 0 Å². The molecule has 8 nitrogen and oxygen atoms in total. The van der Waals surface area contributed by atoms with Crippen molar-refractivity contribution in [3.63, 3.8) is 0 Å². The Morgan fingerprint density at radius 1 is 0.443 bits per heavy atom. The maximum atomic E-state index is 12.8. The van der Waals surface area contributed by atoms with Crippen molar-refractivity contribution in [2.24, 2.45) is 0 Å². The average molecular weight is 981 g/mol. The highest BCUT2D eigenvalue weighted by Crippen LogP contribution is 2.16. The van der Waals surface area contributed by atoms with E-state index in [0.29, 0.717) is 12.8 Å². The first-order chi connectivity index (χ1) is 34.1. The molecule has 2 atom stereocenters. The lowest BCUT2D eigenvalue weighted by atomic mass is 10.0. The van der Waals surface area contributed by atoms with E-state index in [1.165, 1.54) is 135 Å². The van der Waals surface area contributed by atoms with Gasteiger partial charge in [0.2, 0.25) is 0 Å². The molecule has 0 fully saturated rings. The molecule has 70 heavy (non-hydrogen) atoms. The fourth-order valence-electron chi connectivity index (χ4n) is 8.39. The Labute approximate surface area is 431 Å². The zero-order valence-corrected chi connectivity index (χ0v) is 46.2. The van der Waals surface area contributed by atoms with Crippen molar-refractivity contribution in [1.82, 2.24) is 0 Å². The van der Waals surface area contributed by atoms with Crippen molar-refractivity contribution in [2.45, 2.75) is 264 Å². The number of esters is 2. The number of carbonyl (C=O) groups is 3. The second-order valence-electron chi connectivity index (χ2n) is 20.5. The van der Waals surface area contributed by atoms with Crippen molar-refractivity contribution in [3.8, 4) is 0 Å². The van der Waals surface area contributed by atoms with Crippen LogP contribution in [0, 0.1) is 0 Å². The van der Waals surface area contributed by atoms with Gasteiger partial charge in [0.1, 0.15) is 12.6 Å². The molecule has 0 bridgehead atoms.